The topological polar surface area (TPSA) is 35.5 Å². The molecule has 0 radical (unpaired) electrons. The van der Waals surface area contributed by atoms with Crippen LogP contribution in [0.3, 0.4) is 0 Å². The Morgan fingerprint density at radius 1 is 1.50 bits per heavy atom. The molecule has 0 rings (SSSR count). The standard InChI is InChI=1S/C10H20O3Si/c1-5-13-14(4)8-6-7-12-10(11)9(2)3/h14H,2,5-8H2,1,3-4H3. The Hall–Kier alpha value is -0.613. The van der Waals surface area contributed by atoms with E-state index in [0.29, 0.717) is 12.2 Å². The van der Waals surface area contributed by atoms with Crippen LogP contribution in [0, 0.1) is 0 Å². The van der Waals surface area contributed by atoms with E-state index in [2.05, 4.69) is 13.1 Å². The molecule has 0 N–H and O–H groups in total. The number of ether oxygens (including phenoxy) is 1. The van der Waals surface area contributed by atoms with Crippen molar-refractivity contribution in [3.05, 3.63) is 12.2 Å². The van der Waals surface area contributed by atoms with Crippen LogP contribution < -0.4 is 0 Å². The summed E-state index contributed by atoms with van der Waals surface area (Å²) in [5.41, 5.74) is 0.458. The minimum atomic E-state index is -1.00. The molecule has 0 fully saturated rings. The molecular weight excluding hydrogens is 196 g/mol. The van der Waals surface area contributed by atoms with Crippen molar-refractivity contribution in [1.29, 1.82) is 0 Å². The van der Waals surface area contributed by atoms with Gasteiger partial charge in [-0.3, -0.25) is 0 Å². The normalized spacial score (nSPS) is 12.2. The molecule has 0 aromatic carbocycles. The number of carbonyl (C=O) groups excluding carboxylic acids is 1. The Morgan fingerprint density at radius 2 is 2.14 bits per heavy atom. The fourth-order valence-corrected chi connectivity index (χ4v) is 2.50. The van der Waals surface area contributed by atoms with Gasteiger partial charge in [0.05, 0.1) is 6.61 Å². The minimum Gasteiger partial charge on any atom is -0.462 e. The third-order valence-corrected chi connectivity index (χ3v) is 3.91. The molecule has 0 heterocycles. The third-order valence-electron chi connectivity index (χ3n) is 1.79. The summed E-state index contributed by atoms with van der Waals surface area (Å²) in [4.78, 5) is 11.0. The molecule has 0 aliphatic rings. The highest BCUT2D eigenvalue weighted by molar-refractivity contribution is 6.50. The summed E-state index contributed by atoms with van der Waals surface area (Å²) < 4.78 is 10.4. The molecular formula is C10H20O3Si. The Balaban J connectivity index is 3.37. The first-order valence-corrected chi connectivity index (χ1v) is 7.46. The van der Waals surface area contributed by atoms with E-state index < -0.39 is 9.04 Å². The van der Waals surface area contributed by atoms with Gasteiger partial charge < -0.3 is 9.16 Å². The van der Waals surface area contributed by atoms with E-state index in [4.69, 9.17) is 9.16 Å². The molecule has 3 nitrogen and oxygen atoms in total. The fraction of sp³-hybridized carbons (Fsp3) is 0.700. The number of carbonyl (C=O) groups is 1. The van der Waals surface area contributed by atoms with Crippen molar-refractivity contribution in [1.82, 2.24) is 0 Å². The molecule has 1 atom stereocenters. The van der Waals surface area contributed by atoms with Crippen LogP contribution in [0.1, 0.15) is 20.3 Å². The van der Waals surface area contributed by atoms with Crippen molar-refractivity contribution in [3.8, 4) is 0 Å². The molecule has 0 amide bonds. The predicted molar refractivity (Wildman–Crippen MR) is 59.8 cm³/mol. The zero-order valence-corrected chi connectivity index (χ0v) is 10.5. The number of hydrogen-bond acceptors (Lipinski definition) is 3. The van der Waals surface area contributed by atoms with Crippen LogP contribution in [0.2, 0.25) is 12.6 Å². The zero-order chi connectivity index (χ0) is 11.0. The van der Waals surface area contributed by atoms with Gasteiger partial charge in [0.25, 0.3) is 0 Å². The first kappa shape index (κ1) is 13.4. The summed E-state index contributed by atoms with van der Waals surface area (Å²) in [7, 11) is -1.00. The quantitative estimate of drug-likeness (QED) is 0.282. The second-order valence-electron chi connectivity index (χ2n) is 3.32. The van der Waals surface area contributed by atoms with Crippen molar-refractivity contribution in [2.75, 3.05) is 13.2 Å². The second-order valence-corrected chi connectivity index (χ2v) is 5.86. The van der Waals surface area contributed by atoms with E-state index in [1.165, 1.54) is 0 Å². The summed E-state index contributed by atoms with van der Waals surface area (Å²) in [6, 6.07) is 1.05. The van der Waals surface area contributed by atoms with Crippen LogP contribution in [0.4, 0.5) is 0 Å². The molecule has 0 bridgehead atoms. The highest BCUT2D eigenvalue weighted by Gasteiger charge is 2.05. The molecule has 1 unspecified atom stereocenters. The number of rotatable bonds is 7. The third kappa shape index (κ3) is 6.86. The van der Waals surface area contributed by atoms with E-state index in [0.717, 1.165) is 19.1 Å². The van der Waals surface area contributed by atoms with Gasteiger partial charge in [-0.2, -0.15) is 0 Å². The fourth-order valence-electron chi connectivity index (χ4n) is 1.03. The monoisotopic (exact) mass is 216 g/mol. The molecule has 4 heteroatoms. The van der Waals surface area contributed by atoms with Crippen molar-refractivity contribution in [2.24, 2.45) is 0 Å². The van der Waals surface area contributed by atoms with Gasteiger partial charge >= 0.3 is 5.97 Å². The lowest BCUT2D eigenvalue weighted by Crippen LogP contribution is -2.14. The summed E-state index contributed by atoms with van der Waals surface area (Å²) in [5, 5.41) is 0. The van der Waals surface area contributed by atoms with Gasteiger partial charge in [0.15, 0.2) is 9.04 Å². The van der Waals surface area contributed by atoms with E-state index in [9.17, 15) is 4.79 Å². The maximum Gasteiger partial charge on any atom is 0.333 e. The average Bonchev–Trinajstić information content (AvgIpc) is 2.12. The lowest BCUT2D eigenvalue weighted by Gasteiger charge is -2.09. The van der Waals surface area contributed by atoms with Crippen molar-refractivity contribution in [2.45, 2.75) is 32.9 Å². The maximum absolute atomic E-state index is 11.0. The Morgan fingerprint density at radius 3 is 2.64 bits per heavy atom. The maximum atomic E-state index is 11.0. The summed E-state index contributed by atoms with van der Waals surface area (Å²) in [6.07, 6.45) is 0.895. The lowest BCUT2D eigenvalue weighted by atomic mass is 10.4. The van der Waals surface area contributed by atoms with Crippen LogP contribution in [-0.4, -0.2) is 28.2 Å². The molecule has 0 saturated heterocycles. The van der Waals surface area contributed by atoms with Crippen LogP contribution in [-0.2, 0) is 14.0 Å². The first-order chi connectivity index (χ1) is 6.57. The Kier molecular flexibility index (Phi) is 7.42. The lowest BCUT2D eigenvalue weighted by molar-refractivity contribution is -0.138. The van der Waals surface area contributed by atoms with Crippen molar-refractivity contribution in [3.63, 3.8) is 0 Å². The van der Waals surface area contributed by atoms with Crippen LogP contribution in [0.5, 0.6) is 0 Å². The molecule has 0 aliphatic carbocycles. The van der Waals surface area contributed by atoms with Gasteiger partial charge in [-0.1, -0.05) is 6.58 Å². The second kappa shape index (κ2) is 7.76. The molecule has 0 spiro atoms. The van der Waals surface area contributed by atoms with Crippen molar-refractivity contribution >= 4 is 15.0 Å². The van der Waals surface area contributed by atoms with E-state index in [-0.39, 0.29) is 5.97 Å². The van der Waals surface area contributed by atoms with E-state index in [1.807, 2.05) is 6.92 Å². The summed E-state index contributed by atoms with van der Waals surface area (Å²) in [6.45, 7) is 10.6. The number of hydrogen-bond donors (Lipinski definition) is 0. The summed E-state index contributed by atoms with van der Waals surface area (Å²) >= 11 is 0. The molecule has 14 heavy (non-hydrogen) atoms. The largest absolute Gasteiger partial charge is 0.462 e. The Labute approximate surface area is 87.8 Å². The van der Waals surface area contributed by atoms with Gasteiger partial charge in [-0.15, -0.1) is 0 Å². The predicted octanol–water partition coefficient (Wildman–Crippen LogP) is 1.89. The number of esters is 1. The zero-order valence-electron chi connectivity index (χ0n) is 9.34. The highest BCUT2D eigenvalue weighted by atomic mass is 28.3. The van der Waals surface area contributed by atoms with Gasteiger partial charge in [0.1, 0.15) is 0 Å². The average molecular weight is 216 g/mol. The highest BCUT2D eigenvalue weighted by Crippen LogP contribution is 2.01. The van der Waals surface area contributed by atoms with Gasteiger partial charge in [-0.05, 0) is 32.9 Å². The summed E-state index contributed by atoms with van der Waals surface area (Å²) in [5.74, 6) is -0.296. The van der Waals surface area contributed by atoms with Gasteiger partial charge in [-0.25, -0.2) is 4.79 Å². The van der Waals surface area contributed by atoms with Crippen molar-refractivity contribution < 1.29 is 14.0 Å². The molecule has 0 aliphatic heterocycles. The smallest absolute Gasteiger partial charge is 0.333 e. The minimum absolute atomic E-state index is 0.296. The molecule has 0 saturated carbocycles. The van der Waals surface area contributed by atoms with Gasteiger partial charge in [0.2, 0.25) is 0 Å². The molecule has 0 aromatic heterocycles. The van der Waals surface area contributed by atoms with Gasteiger partial charge in [0, 0.05) is 12.2 Å². The Bertz CT molecular complexity index is 192. The van der Waals surface area contributed by atoms with E-state index in [1.54, 1.807) is 6.92 Å². The first-order valence-electron chi connectivity index (χ1n) is 5.02. The SMILES string of the molecule is C=C(C)C(=O)OCCC[SiH](C)OCC. The molecule has 0 aromatic rings. The van der Waals surface area contributed by atoms with Crippen LogP contribution >= 0.6 is 0 Å². The molecule has 82 valence electrons. The van der Waals surface area contributed by atoms with Crippen LogP contribution in [0.25, 0.3) is 0 Å². The van der Waals surface area contributed by atoms with E-state index >= 15 is 0 Å². The van der Waals surface area contributed by atoms with Crippen LogP contribution in [0.15, 0.2) is 12.2 Å².